The predicted octanol–water partition coefficient (Wildman–Crippen LogP) is 6.22. The van der Waals surface area contributed by atoms with Gasteiger partial charge in [-0.2, -0.15) is 0 Å². The van der Waals surface area contributed by atoms with Gasteiger partial charge in [0.25, 0.3) is 5.91 Å². The van der Waals surface area contributed by atoms with Crippen molar-refractivity contribution >= 4 is 17.7 Å². The van der Waals surface area contributed by atoms with Crippen molar-refractivity contribution in [1.82, 2.24) is 4.90 Å². The Bertz CT molecular complexity index is 1500. The summed E-state index contributed by atoms with van der Waals surface area (Å²) < 4.78 is 12.0. The zero-order chi connectivity index (χ0) is 28.6. The van der Waals surface area contributed by atoms with Gasteiger partial charge in [-0.1, -0.05) is 48.5 Å². The Labute approximate surface area is 239 Å². The van der Waals surface area contributed by atoms with Crippen LogP contribution in [0.25, 0.3) is 0 Å². The molecule has 7 nitrogen and oxygen atoms in total. The van der Waals surface area contributed by atoms with Gasteiger partial charge in [-0.05, 0) is 78.6 Å². The lowest BCUT2D eigenvalue weighted by atomic mass is 9.99. The number of ether oxygens (including phenoxy) is 2. The number of nitrogens with zero attached hydrogens (tertiary/aromatic N) is 1. The van der Waals surface area contributed by atoms with Gasteiger partial charge in [-0.25, -0.2) is 4.79 Å². The summed E-state index contributed by atoms with van der Waals surface area (Å²) in [5.74, 6) is 0.924. The number of aromatic carboxylic acids is 1. The average molecular weight is 550 g/mol. The van der Waals surface area contributed by atoms with Crippen molar-refractivity contribution in [3.8, 4) is 17.2 Å². The van der Waals surface area contributed by atoms with Crippen LogP contribution in [-0.4, -0.2) is 46.9 Å². The number of rotatable bonds is 11. The SMILES string of the molecule is O=C(Cc1ccc(Oc2ccc(OC[C@H]3CCCN3C(=O)c3ccccc3)cc2)cc1)Cc1ccccc1C(=O)O. The van der Waals surface area contributed by atoms with E-state index in [-0.39, 0.29) is 36.1 Å². The van der Waals surface area contributed by atoms with Crippen molar-refractivity contribution in [1.29, 1.82) is 0 Å². The summed E-state index contributed by atoms with van der Waals surface area (Å²) in [5.41, 5.74) is 2.19. The van der Waals surface area contributed by atoms with Crippen molar-refractivity contribution in [2.24, 2.45) is 0 Å². The van der Waals surface area contributed by atoms with Crippen molar-refractivity contribution in [3.05, 3.63) is 125 Å². The van der Waals surface area contributed by atoms with Crippen LogP contribution in [0.1, 0.15) is 44.7 Å². The van der Waals surface area contributed by atoms with Crippen molar-refractivity contribution in [2.75, 3.05) is 13.2 Å². The van der Waals surface area contributed by atoms with Gasteiger partial charge in [0, 0.05) is 24.9 Å². The van der Waals surface area contributed by atoms with Gasteiger partial charge in [-0.3, -0.25) is 9.59 Å². The van der Waals surface area contributed by atoms with E-state index in [0.29, 0.717) is 35.0 Å². The molecule has 1 saturated heterocycles. The second-order valence-electron chi connectivity index (χ2n) is 10.0. The summed E-state index contributed by atoms with van der Waals surface area (Å²) in [4.78, 5) is 38.7. The molecule has 0 unspecified atom stereocenters. The Hall–Kier alpha value is -4.91. The zero-order valence-electron chi connectivity index (χ0n) is 22.6. The summed E-state index contributed by atoms with van der Waals surface area (Å²) in [5, 5.41) is 9.33. The van der Waals surface area contributed by atoms with Gasteiger partial charge >= 0.3 is 5.97 Å². The topological polar surface area (TPSA) is 93.1 Å². The van der Waals surface area contributed by atoms with E-state index in [0.717, 1.165) is 24.9 Å². The molecule has 1 N–H and O–H groups in total. The lowest BCUT2D eigenvalue weighted by molar-refractivity contribution is -0.117. The van der Waals surface area contributed by atoms with Gasteiger partial charge in [0.15, 0.2) is 0 Å². The molecule has 4 aromatic rings. The normalized spacial score (nSPS) is 14.4. The Morgan fingerprint density at radius 2 is 1.39 bits per heavy atom. The highest BCUT2D eigenvalue weighted by Crippen LogP contribution is 2.26. The van der Waals surface area contributed by atoms with Crippen LogP contribution in [0, 0.1) is 0 Å². The standard InChI is InChI=1S/C34H31NO6/c36-28(22-26-9-4-5-11-32(26)34(38)39)21-24-12-14-30(15-13-24)41-31-18-16-29(17-19-31)40-23-27-10-6-20-35(27)33(37)25-7-2-1-3-8-25/h1-5,7-9,11-19,27H,6,10,20-23H2,(H,38,39)/t27-/m1/s1. The van der Waals surface area contributed by atoms with Gasteiger partial charge in [0.1, 0.15) is 29.6 Å². The molecule has 0 radical (unpaired) electrons. The minimum absolute atomic E-state index is 0.0379. The number of hydrogen-bond donors (Lipinski definition) is 1. The molecule has 1 aliphatic heterocycles. The molecule has 7 heteroatoms. The molecule has 41 heavy (non-hydrogen) atoms. The van der Waals surface area contributed by atoms with E-state index in [1.54, 1.807) is 30.3 Å². The highest BCUT2D eigenvalue weighted by atomic mass is 16.5. The van der Waals surface area contributed by atoms with Crippen molar-refractivity contribution < 1.29 is 29.0 Å². The van der Waals surface area contributed by atoms with E-state index in [4.69, 9.17) is 9.47 Å². The lowest BCUT2D eigenvalue weighted by Crippen LogP contribution is -2.39. The van der Waals surface area contributed by atoms with Crippen LogP contribution in [0.4, 0.5) is 0 Å². The van der Waals surface area contributed by atoms with E-state index in [1.807, 2.05) is 71.6 Å². The average Bonchev–Trinajstić information content (AvgIpc) is 3.47. The maximum Gasteiger partial charge on any atom is 0.335 e. The van der Waals surface area contributed by atoms with Crippen LogP contribution in [0.15, 0.2) is 103 Å². The first-order valence-electron chi connectivity index (χ1n) is 13.6. The first-order valence-corrected chi connectivity index (χ1v) is 13.6. The minimum Gasteiger partial charge on any atom is -0.491 e. The molecule has 4 aromatic carbocycles. The quantitative estimate of drug-likeness (QED) is 0.239. The molecular weight excluding hydrogens is 518 g/mol. The third-order valence-corrected chi connectivity index (χ3v) is 7.12. The largest absolute Gasteiger partial charge is 0.491 e. The molecule has 0 saturated carbocycles. The number of Topliss-reactive ketones (excluding diaryl/α,β-unsaturated/α-hetero) is 1. The Kier molecular flexibility index (Phi) is 8.74. The molecule has 0 spiro atoms. The predicted molar refractivity (Wildman–Crippen MR) is 155 cm³/mol. The fourth-order valence-corrected chi connectivity index (χ4v) is 5.02. The van der Waals surface area contributed by atoms with E-state index < -0.39 is 5.97 Å². The molecule has 1 aliphatic rings. The summed E-state index contributed by atoms with van der Waals surface area (Å²) in [6, 6.07) is 30.5. The van der Waals surface area contributed by atoms with Crippen LogP contribution < -0.4 is 9.47 Å². The van der Waals surface area contributed by atoms with Gasteiger partial charge < -0.3 is 19.5 Å². The number of carboxylic acids is 1. The van der Waals surface area contributed by atoms with E-state index >= 15 is 0 Å². The van der Waals surface area contributed by atoms with Gasteiger partial charge in [0.2, 0.25) is 0 Å². The van der Waals surface area contributed by atoms with Crippen LogP contribution in [0.2, 0.25) is 0 Å². The van der Waals surface area contributed by atoms with Crippen LogP contribution >= 0.6 is 0 Å². The molecule has 0 aliphatic carbocycles. The summed E-state index contributed by atoms with van der Waals surface area (Å²) in [6.07, 6.45) is 2.15. The molecule has 5 rings (SSSR count). The summed E-state index contributed by atoms with van der Waals surface area (Å²) in [6.45, 7) is 1.17. The Morgan fingerprint density at radius 3 is 2.10 bits per heavy atom. The second kappa shape index (κ2) is 13.0. The fraction of sp³-hybridized carbons (Fsp3) is 0.206. The number of carboxylic acid groups (broad SMARTS) is 1. The lowest BCUT2D eigenvalue weighted by Gasteiger charge is -2.25. The monoisotopic (exact) mass is 549 g/mol. The molecule has 1 fully saturated rings. The smallest absolute Gasteiger partial charge is 0.335 e. The maximum atomic E-state index is 12.9. The van der Waals surface area contributed by atoms with Crippen molar-refractivity contribution in [2.45, 2.75) is 31.7 Å². The number of carbonyl (C=O) groups excluding carboxylic acids is 2. The van der Waals surface area contributed by atoms with E-state index in [9.17, 15) is 19.5 Å². The van der Waals surface area contributed by atoms with Crippen molar-refractivity contribution in [3.63, 3.8) is 0 Å². The molecule has 208 valence electrons. The molecule has 1 heterocycles. The fourth-order valence-electron chi connectivity index (χ4n) is 5.02. The van der Waals surface area contributed by atoms with Gasteiger partial charge in [0.05, 0.1) is 11.6 Å². The minimum atomic E-state index is -1.04. The highest BCUT2D eigenvalue weighted by Gasteiger charge is 2.29. The zero-order valence-corrected chi connectivity index (χ0v) is 22.6. The Morgan fingerprint density at radius 1 is 0.756 bits per heavy atom. The molecule has 1 amide bonds. The number of likely N-dealkylation sites (tertiary alicyclic amines) is 1. The molecule has 1 atom stereocenters. The number of benzene rings is 4. The molecule has 0 aromatic heterocycles. The second-order valence-corrected chi connectivity index (χ2v) is 10.0. The molecular formula is C34H31NO6. The van der Waals surface area contributed by atoms with E-state index in [2.05, 4.69) is 0 Å². The number of hydrogen-bond acceptors (Lipinski definition) is 5. The first-order chi connectivity index (χ1) is 20.0. The Balaban J connectivity index is 1.11. The molecule has 0 bridgehead atoms. The van der Waals surface area contributed by atoms with Crippen LogP contribution in [0.3, 0.4) is 0 Å². The summed E-state index contributed by atoms with van der Waals surface area (Å²) >= 11 is 0. The number of amides is 1. The van der Waals surface area contributed by atoms with Crippen LogP contribution in [0.5, 0.6) is 17.2 Å². The number of carbonyl (C=O) groups is 3. The first kappa shape index (κ1) is 27.6. The maximum absolute atomic E-state index is 12.9. The third-order valence-electron chi connectivity index (χ3n) is 7.12. The summed E-state index contributed by atoms with van der Waals surface area (Å²) in [7, 11) is 0. The highest BCUT2D eigenvalue weighted by molar-refractivity contribution is 5.94. The third kappa shape index (κ3) is 7.19. The number of ketones is 1. The van der Waals surface area contributed by atoms with Gasteiger partial charge in [-0.15, -0.1) is 0 Å². The van der Waals surface area contributed by atoms with Crippen LogP contribution in [-0.2, 0) is 17.6 Å². The van der Waals surface area contributed by atoms with E-state index in [1.165, 1.54) is 6.07 Å².